The summed E-state index contributed by atoms with van der Waals surface area (Å²) in [6, 6.07) is 5.36. The minimum Gasteiger partial charge on any atom is -0.207 e. The molecular formula is C25H42FNO. The second-order valence-electron chi connectivity index (χ2n) is 8.21. The van der Waals surface area contributed by atoms with Crippen molar-refractivity contribution in [1.82, 2.24) is 0 Å². The monoisotopic (exact) mass is 391 g/mol. The van der Waals surface area contributed by atoms with E-state index in [0.717, 1.165) is 38.5 Å². The molecule has 0 amide bonds. The third kappa shape index (κ3) is 4.83. The lowest BCUT2D eigenvalue weighted by molar-refractivity contribution is 0.0498. The van der Waals surface area contributed by atoms with Crippen molar-refractivity contribution in [3.05, 3.63) is 40.1 Å². The molecule has 4 rings (SSSR count). The first-order chi connectivity index (χ1) is 13.5. The Hall–Kier alpha value is -1.25. The third-order valence-electron chi connectivity index (χ3n) is 6.77. The Bertz CT molecular complexity index is 602. The SMILES string of the molecule is CC.CC.CC12CCC3c4ccc(F)cc4CCC3C1CCC2N=O.CCC. The van der Waals surface area contributed by atoms with Gasteiger partial charge in [0.15, 0.2) is 0 Å². The van der Waals surface area contributed by atoms with E-state index in [2.05, 4.69) is 25.9 Å². The van der Waals surface area contributed by atoms with Crippen LogP contribution in [0.15, 0.2) is 23.4 Å². The first-order valence-corrected chi connectivity index (χ1v) is 11.7. The van der Waals surface area contributed by atoms with Crippen molar-refractivity contribution in [2.24, 2.45) is 22.4 Å². The first-order valence-electron chi connectivity index (χ1n) is 11.7. The van der Waals surface area contributed by atoms with E-state index >= 15 is 0 Å². The Balaban J connectivity index is 0.000000502. The quantitative estimate of drug-likeness (QED) is 0.443. The molecule has 160 valence electrons. The molecule has 1 aromatic rings. The summed E-state index contributed by atoms with van der Waals surface area (Å²) in [5.41, 5.74) is 2.70. The van der Waals surface area contributed by atoms with Crippen LogP contribution in [0.3, 0.4) is 0 Å². The smallest absolute Gasteiger partial charge is 0.123 e. The van der Waals surface area contributed by atoms with E-state index in [1.165, 1.54) is 17.5 Å². The van der Waals surface area contributed by atoms with Crippen LogP contribution < -0.4 is 0 Å². The number of fused-ring (bicyclic) bond motifs is 5. The molecule has 0 spiro atoms. The molecule has 0 heterocycles. The number of halogens is 1. The molecule has 3 aliphatic carbocycles. The zero-order valence-corrected chi connectivity index (χ0v) is 19.2. The van der Waals surface area contributed by atoms with E-state index in [9.17, 15) is 9.30 Å². The Kier molecular flexibility index (Phi) is 10.3. The molecule has 3 aliphatic rings. The predicted molar refractivity (Wildman–Crippen MR) is 119 cm³/mol. The summed E-state index contributed by atoms with van der Waals surface area (Å²) < 4.78 is 13.4. The summed E-state index contributed by atoms with van der Waals surface area (Å²) in [6.45, 7) is 14.5. The van der Waals surface area contributed by atoms with Gasteiger partial charge in [-0.15, -0.1) is 0 Å². The largest absolute Gasteiger partial charge is 0.207 e. The fourth-order valence-electron chi connectivity index (χ4n) is 5.70. The molecule has 1 aromatic carbocycles. The number of hydrogen-bond donors (Lipinski definition) is 0. The Morgan fingerprint density at radius 3 is 2.32 bits per heavy atom. The van der Waals surface area contributed by atoms with Crippen molar-refractivity contribution in [3.63, 3.8) is 0 Å². The van der Waals surface area contributed by atoms with Crippen molar-refractivity contribution in [3.8, 4) is 0 Å². The van der Waals surface area contributed by atoms with Gasteiger partial charge in [0, 0.05) is 0 Å². The van der Waals surface area contributed by atoms with Crippen molar-refractivity contribution in [1.29, 1.82) is 0 Å². The fourth-order valence-corrected chi connectivity index (χ4v) is 5.70. The van der Waals surface area contributed by atoms with Crippen molar-refractivity contribution >= 4 is 0 Å². The highest BCUT2D eigenvalue weighted by Gasteiger charge is 2.55. The average molecular weight is 392 g/mol. The fraction of sp³-hybridized carbons (Fsp3) is 0.760. The van der Waals surface area contributed by atoms with Gasteiger partial charge in [0.1, 0.15) is 5.82 Å². The predicted octanol–water partition coefficient (Wildman–Crippen LogP) is 8.29. The summed E-state index contributed by atoms with van der Waals surface area (Å²) in [5, 5.41) is 3.44. The first kappa shape index (κ1) is 24.8. The molecular weight excluding hydrogens is 349 g/mol. The molecule has 0 bridgehead atoms. The van der Waals surface area contributed by atoms with Crippen LogP contribution in [0.5, 0.6) is 0 Å². The summed E-state index contributed by atoms with van der Waals surface area (Å²) in [6.07, 6.45) is 7.70. The summed E-state index contributed by atoms with van der Waals surface area (Å²) in [4.78, 5) is 11.2. The number of aryl methyl sites for hydroxylation is 1. The second-order valence-corrected chi connectivity index (χ2v) is 8.21. The van der Waals surface area contributed by atoms with Crippen LogP contribution in [0.4, 0.5) is 4.39 Å². The lowest BCUT2D eigenvalue weighted by Crippen LogP contribution is -2.43. The van der Waals surface area contributed by atoms with E-state index in [1.807, 2.05) is 33.8 Å². The number of nitroso groups, excluding NO2 is 1. The molecule has 0 aromatic heterocycles. The third-order valence-corrected chi connectivity index (χ3v) is 6.77. The summed E-state index contributed by atoms with van der Waals surface area (Å²) in [7, 11) is 0. The van der Waals surface area contributed by atoms with Crippen LogP contribution in [0, 0.1) is 28.0 Å². The molecule has 5 unspecified atom stereocenters. The molecule has 3 heteroatoms. The molecule has 2 saturated carbocycles. The highest BCUT2D eigenvalue weighted by Crippen LogP contribution is 2.61. The highest BCUT2D eigenvalue weighted by atomic mass is 19.1. The zero-order chi connectivity index (χ0) is 21.3. The van der Waals surface area contributed by atoms with Gasteiger partial charge in [-0.2, -0.15) is 4.91 Å². The van der Waals surface area contributed by atoms with E-state index < -0.39 is 0 Å². The molecule has 0 aliphatic heterocycles. The van der Waals surface area contributed by atoms with E-state index in [4.69, 9.17) is 0 Å². The van der Waals surface area contributed by atoms with Gasteiger partial charge in [-0.1, -0.05) is 66.1 Å². The van der Waals surface area contributed by atoms with Gasteiger partial charge in [0.05, 0.1) is 6.04 Å². The number of nitrogens with zero attached hydrogens (tertiary/aromatic N) is 1. The Morgan fingerprint density at radius 1 is 1.07 bits per heavy atom. The topological polar surface area (TPSA) is 29.4 Å². The van der Waals surface area contributed by atoms with Gasteiger partial charge in [0.2, 0.25) is 0 Å². The maximum Gasteiger partial charge on any atom is 0.123 e. The van der Waals surface area contributed by atoms with Gasteiger partial charge in [-0.05, 0) is 85.0 Å². The molecule has 0 saturated heterocycles. The van der Waals surface area contributed by atoms with Gasteiger partial charge in [-0.3, -0.25) is 0 Å². The van der Waals surface area contributed by atoms with Gasteiger partial charge in [-0.25, -0.2) is 4.39 Å². The van der Waals surface area contributed by atoms with Crippen LogP contribution in [0.2, 0.25) is 0 Å². The van der Waals surface area contributed by atoms with E-state index in [-0.39, 0.29) is 17.3 Å². The Labute approximate surface area is 172 Å². The molecule has 2 nitrogen and oxygen atoms in total. The van der Waals surface area contributed by atoms with Crippen LogP contribution >= 0.6 is 0 Å². The van der Waals surface area contributed by atoms with Crippen molar-refractivity contribution < 1.29 is 4.39 Å². The Morgan fingerprint density at radius 2 is 1.71 bits per heavy atom. The van der Waals surface area contributed by atoms with Crippen molar-refractivity contribution in [2.75, 3.05) is 0 Å². The van der Waals surface area contributed by atoms with Crippen molar-refractivity contribution in [2.45, 2.75) is 105 Å². The molecule has 2 fully saturated rings. The lowest BCUT2D eigenvalue weighted by Gasteiger charge is -2.49. The summed E-state index contributed by atoms with van der Waals surface area (Å²) >= 11 is 0. The molecule has 28 heavy (non-hydrogen) atoms. The summed E-state index contributed by atoms with van der Waals surface area (Å²) in [5.74, 6) is 1.74. The van der Waals surface area contributed by atoms with Gasteiger partial charge < -0.3 is 0 Å². The molecule has 5 atom stereocenters. The van der Waals surface area contributed by atoms with Crippen LogP contribution in [-0.2, 0) is 6.42 Å². The minimum absolute atomic E-state index is 0.0121. The van der Waals surface area contributed by atoms with Crippen LogP contribution in [0.1, 0.15) is 104 Å². The second kappa shape index (κ2) is 11.7. The average Bonchev–Trinajstić information content (AvgIpc) is 3.07. The maximum atomic E-state index is 13.4. The number of rotatable bonds is 1. The van der Waals surface area contributed by atoms with E-state index in [0.29, 0.717) is 17.8 Å². The zero-order valence-electron chi connectivity index (χ0n) is 19.2. The van der Waals surface area contributed by atoms with E-state index in [1.54, 1.807) is 12.1 Å². The molecule has 0 radical (unpaired) electrons. The molecule has 0 N–H and O–H groups in total. The van der Waals surface area contributed by atoms with Gasteiger partial charge >= 0.3 is 0 Å². The normalized spacial score (nSPS) is 31.9. The number of hydrogen-bond acceptors (Lipinski definition) is 2. The van der Waals surface area contributed by atoms with Crippen LogP contribution in [-0.4, -0.2) is 6.04 Å². The maximum absolute atomic E-state index is 13.4. The van der Waals surface area contributed by atoms with Gasteiger partial charge in [0.25, 0.3) is 0 Å². The van der Waals surface area contributed by atoms with Crippen LogP contribution in [0.25, 0.3) is 0 Å². The standard InChI is InChI=1S/C18H22FNO.C3H8.2C2H6/c1-18-9-8-14-13-5-3-12(19)10-11(13)2-4-15(14)16(18)6-7-17(18)20-21;1-3-2;2*1-2/h3,5,10,14-17H,2,4,6-9H2,1H3;3H2,1-2H3;2*1-2H3. The lowest BCUT2D eigenvalue weighted by atomic mass is 9.55. The highest BCUT2D eigenvalue weighted by molar-refractivity contribution is 5.35. The number of benzene rings is 1. The minimum atomic E-state index is -0.112.